The molecule has 0 saturated heterocycles. The minimum absolute atomic E-state index is 0.0752. The van der Waals surface area contributed by atoms with Crippen molar-refractivity contribution in [3.05, 3.63) is 0 Å². The first-order chi connectivity index (χ1) is 21.4. The van der Waals surface area contributed by atoms with Gasteiger partial charge in [-0.25, -0.2) is 0 Å². The SMILES string of the molecule is CCCCCCCCCCCCCCCCCC(C)NC(=O)CNC(=O)CNC(=O)[C@H](CCCNCCCN)NCCCN. The van der Waals surface area contributed by atoms with E-state index >= 15 is 0 Å². The van der Waals surface area contributed by atoms with E-state index in [1.807, 2.05) is 6.92 Å². The number of carbonyl (C=O) groups is 3. The second-order valence-corrected chi connectivity index (χ2v) is 12.4. The fourth-order valence-corrected chi connectivity index (χ4v) is 5.24. The third kappa shape index (κ3) is 29.0. The smallest absolute Gasteiger partial charge is 0.239 e. The summed E-state index contributed by atoms with van der Waals surface area (Å²) in [6.07, 6.45) is 24.2. The van der Waals surface area contributed by atoms with Crippen LogP contribution in [0.15, 0.2) is 0 Å². The molecule has 44 heavy (non-hydrogen) atoms. The zero-order valence-electron chi connectivity index (χ0n) is 28.6. The highest BCUT2D eigenvalue weighted by Gasteiger charge is 2.18. The van der Waals surface area contributed by atoms with Crippen LogP contribution in [0.2, 0.25) is 0 Å². The molecule has 0 aromatic heterocycles. The number of hydrogen-bond acceptors (Lipinski definition) is 7. The molecule has 2 atom stereocenters. The van der Waals surface area contributed by atoms with Gasteiger partial charge in [0.1, 0.15) is 0 Å². The maximum absolute atomic E-state index is 12.7. The Labute approximate surface area is 270 Å². The fourth-order valence-electron chi connectivity index (χ4n) is 5.24. The van der Waals surface area contributed by atoms with Gasteiger partial charge in [-0.3, -0.25) is 14.4 Å². The fraction of sp³-hybridized carbons (Fsp3) is 0.912. The van der Waals surface area contributed by atoms with E-state index in [1.165, 1.54) is 89.9 Å². The summed E-state index contributed by atoms with van der Waals surface area (Å²) >= 11 is 0. The van der Waals surface area contributed by atoms with Crippen LogP contribution in [0.3, 0.4) is 0 Å². The molecule has 0 spiro atoms. The molecule has 0 aliphatic carbocycles. The number of rotatable bonds is 33. The van der Waals surface area contributed by atoms with Gasteiger partial charge in [-0.15, -0.1) is 0 Å². The van der Waals surface area contributed by atoms with Crippen molar-refractivity contribution in [2.75, 3.05) is 45.8 Å². The van der Waals surface area contributed by atoms with Crippen molar-refractivity contribution in [1.82, 2.24) is 26.6 Å². The largest absolute Gasteiger partial charge is 0.352 e. The van der Waals surface area contributed by atoms with Crippen LogP contribution in [0.1, 0.15) is 142 Å². The molecular formula is C34H71N7O3. The van der Waals surface area contributed by atoms with Crippen molar-refractivity contribution in [2.24, 2.45) is 11.5 Å². The molecule has 0 radical (unpaired) electrons. The summed E-state index contributed by atoms with van der Waals surface area (Å²) in [6, 6.07) is -0.319. The minimum atomic E-state index is -0.394. The molecule has 0 rings (SSSR count). The maximum Gasteiger partial charge on any atom is 0.239 e. The lowest BCUT2D eigenvalue weighted by Gasteiger charge is -2.18. The molecule has 260 valence electrons. The first-order valence-electron chi connectivity index (χ1n) is 18.1. The minimum Gasteiger partial charge on any atom is -0.352 e. The van der Waals surface area contributed by atoms with Gasteiger partial charge in [-0.2, -0.15) is 0 Å². The van der Waals surface area contributed by atoms with Crippen molar-refractivity contribution >= 4 is 17.7 Å². The van der Waals surface area contributed by atoms with Crippen molar-refractivity contribution in [2.45, 2.75) is 154 Å². The molecule has 1 unspecified atom stereocenters. The molecule has 0 bridgehead atoms. The van der Waals surface area contributed by atoms with Crippen LogP contribution < -0.4 is 38.1 Å². The Balaban J connectivity index is 3.87. The number of hydrogen-bond donors (Lipinski definition) is 7. The van der Waals surface area contributed by atoms with Gasteiger partial charge in [0.05, 0.1) is 19.1 Å². The van der Waals surface area contributed by atoms with Gasteiger partial charge in [-0.1, -0.05) is 103 Å². The van der Waals surface area contributed by atoms with E-state index in [9.17, 15) is 14.4 Å². The third-order valence-electron chi connectivity index (χ3n) is 8.01. The number of carbonyl (C=O) groups excluding carboxylic acids is 3. The Bertz CT molecular complexity index is 681. The van der Waals surface area contributed by atoms with E-state index in [2.05, 4.69) is 33.5 Å². The predicted octanol–water partition coefficient (Wildman–Crippen LogP) is 4.01. The standard InChI is InChI=1S/C34H71N7O3/c1-3-4-5-6-7-8-9-10-11-12-13-14-15-16-17-21-30(2)41-33(43)29-39-32(42)28-40-34(44)31(38-27-20-24-36)22-18-25-37-26-19-23-35/h30-31,37-38H,3-29,35-36H2,1-2H3,(H,39,42)(H,40,44)(H,41,43)/t30?,31-/m0/s1. The first kappa shape index (κ1) is 42.2. The summed E-state index contributed by atoms with van der Waals surface area (Å²) < 4.78 is 0. The molecule has 0 aliphatic heterocycles. The molecule has 10 heteroatoms. The van der Waals surface area contributed by atoms with Gasteiger partial charge in [0.2, 0.25) is 17.7 Å². The Morgan fingerprint density at radius 3 is 1.64 bits per heavy atom. The molecule has 0 heterocycles. The van der Waals surface area contributed by atoms with Crippen LogP contribution in [0.25, 0.3) is 0 Å². The molecule has 10 nitrogen and oxygen atoms in total. The van der Waals surface area contributed by atoms with Crippen molar-refractivity contribution in [3.8, 4) is 0 Å². The summed E-state index contributed by atoms with van der Waals surface area (Å²) in [5.41, 5.74) is 11.1. The maximum atomic E-state index is 12.7. The van der Waals surface area contributed by atoms with Gasteiger partial charge in [0.25, 0.3) is 0 Å². The lowest BCUT2D eigenvalue weighted by atomic mass is 10.0. The number of amides is 3. The normalized spacial score (nSPS) is 12.5. The third-order valence-corrected chi connectivity index (χ3v) is 8.01. The lowest BCUT2D eigenvalue weighted by Crippen LogP contribution is -2.49. The van der Waals surface area contributed by atoms with Crippen LogP contribution >= 0.6 is 0 Å². The molecule has 0 saturated carbocycles. The van der Waals surface area contributed by atoms with Crippen LogP contribution in [-0.4, -0.2) is 75.6 Å². The summed E-state index contributed by atoms with van der Waals surface area (Å²) in [5, 5.41) is 14.8. The summed E-state index contributed by atoms with van der Waals surface area (Å²) in [5.74, 6) is -0.810. The highest BCUT2D eigenvalue weighted by molar-refractivity contribution is 5.89. The van der Waals surface area contributed by atoms with Gasteiger partial charge < -0.3 is 38.1 Å². The van der Waals surface area contributed by atoms with Gasteiger partial charge in [-0.05, 0) is 71.8 Å². The van der Waals surface area contributed by atoms with E-state index in [4.69, 9.17) is 11.5 Å². The monoisotopic (exact) mass is 626 g/mol. The molecule has 0 aromatic carbocycles. The predicted molar refractivity (Wildman–Crippen MR) is 184 cm³/mol. The summed E-state index contributed by atoms with van der Waals surface area (Å²) in [4.78, 5) is 37.2. The molecular weight excluding hydrogens is 554 g/mol. The highest BCUT2D eigenvalue weighted by Crippen LogP contribution is 2.14. The van der Waals surface area contributed by atoms with E-state index in [-0.39, 0.29) is 36.9 Å². The number of nitrogens with two attached hydrogens (primary N) is 2. The highest BCUT2D eigenvalue weighted by atomic mass is 16.2. The second kappa shape index (κ2) is 32.6. The molecule has 0 aromatic rings. The number of unbranched alkanes of at least 4 members (excludes halogenated alkanes) is 14. The van der Waals surface area contributed by atoms with Crippen molar-refractivity contribution in [3.63, 3.8) is 0 Å². The Kier molecular flexibility index (Phi) is 31.3. The average Bonchev–Trinajstić information content (AvgIpc) is 3.01. The topological polar surface area (TPSA) is 163 Å². The van der Waals surface area contributed by atoms with Gasteiger partial charge in [0, 0.05) is 6.04 Å². The molecule has 9 N–H and O–H groups in total. The van der Waals surface area contributed by atoms with E-state index in [0.29, 0.717) is 26.1 Å². The van der Waals surface area contributed by atoms with Gasteiger partial charge >= 0.3 is 0 Å². The van der Waals surface area contributed by atoms with Crippen molar-refractivity contribution < 1.29 is 14.4 Å². The quantitative estimate of drug-likeness (QED) is 0.0542. The zero-order valence-corrected chi connectivity index (χ0v) is 28.6. The zero-order chi connectivity index (χ0) is 32.5. The average molecular weight is 626 g/mol. The summed E-state index contributed by atoms with van der Waals surface area (Å²) in [7, 11) is 0. The Hall–Kier alpha value is -1.75. The molecule has 0 aliphatic rings. The van der Waals surface area contributed by atoms with Crippen molar-refractivity contribution in [1.29, 1.82) is 0 Å². The molecule has 3 amide bonds. The lowest BCUT2D eigenvalue weighted by molar-refractivity contribution is -0.128. The Morgan fingerprint density at radius 1 is 0.568 bits per heavy atom. The van der Waals surface area contributed by atoms with Crippen LogP contribution in [0.5, 0.6) is 0 Å². The second-order valence-electron chi connectivity index (χ2n) is 12.4. The van der Waals surface area contributed by atoms with E-state index in [1.54, 1.807) is 0 Å². The van der Waals surface area contributed by atoms with Crippen LogP contribution in [-0.2, 0) is 14.4 Å². The summed E-state index contributed by atoms with van der Waals surface area (Å²) in [6.45, 7) is 7.53. The van der Waals surface area contributed by atoms with Crippen LogP contribution in [0, 0.1) is 0 Å². The van der Waals surface area contributed by atoms with E-state index < -0.39 is 6.04 Å². The Morgan fingerprint density at radius 2 is 1.07 bits per heavy atom. The van der Waals surface area contributed by atoms with E-state index in [0.717, 1.165) is 45.2 Å². The molecule has 0 fully saturated rings. The number of nitrogens with one attached hydrogen (secondary N) is 5. The first-order valence-corrected chi connectivity index (χ1v) is 18.1. The van der Waals surface area contributed by atoms with Gasteiger partial charge in [0.15, 0.2) is 0 Å². The van der Waals surface area contributed by atoms with Crippen LogP contribution in [0.4, 0.5) is 0 Å².